The molecular weight excluding hydrogens is 182 g/mol. The molecule has 0 aromatic rings. The average Bonchev–Trinajstić information content (AvgIpc) is 2.14. The van der Waals surface area contributed by atoms with Gasteiger partial charge < -0.3 is 30.1 Å². The van der Waals surface area contributed by atoms with Gasteiger partial charge in [-0.2, -0.15) is 0 Å². The molecular formula is C6H13NO6. The first kappa shape index (κ1) is 12.4. The number of aldehydes is 1. The quantitative estimate of drug-likeness (QED) is 0.219. The number of aliphatic hydroxyl groups is 4. The van der Waals surface area contributed by atoms with Gasteiger partial charge in [-0.3, -0.25) is 0 Å². The minimum atomic E-state index is -1.76. The zero-order valence-corrected chi connectivity index (χ0v) is 6.78. The number of carbonyl (C=O) groups excluding carboxylic acids is 1. The standard InChI is InChI=1S/C6H13NO6/c7-13-2-4(10)6(12)5(11)3(9)1-8/h1,3-6,9-12H,2,7H2/t3-,4+,5+,6+/m0/s1. The van der Waals surface area contributed by atoms with E-state index < -0.39 is 31.0 Å². The summed E-state index contributed by atoms with van der Waals surface area (Å²) in [5, 5.41) is 35.8. The highest BCUT2D eigenvalue weighted by Crippen LogP contribution is 2.03. The summed E-state index contributed by atoms with van der Waals surface area (Å²) in [6.07, 6.45) is -6.62. The van der Waals surface area contributed by atoms with Crippen LogP contribution >= 0.6 is 0 Å². The van der Waals surface area contributed by atoms with Gasteiger partial charge in [-0.05, 0) is 0 Å². The van der Waals surface area contributed by atoms with Gasteiger partial charge in [0, 0.05) is 0 Å². The van der Waals surface area contributed by atoms with Crippen molar-refractivity contribution in [3.05, 3.63) is 0 Å². The summed E-state index contributed by atoms with van der Waals surface area (Å²) in [6.45, 7) is -0.413. The van der Waals surface area contributed by atoms with E-state index in [9.17, 15) is 4.79 Å². The average molecular weight is 195 g/mol. The molecule has 0 saturated heterocycles. The number of hydrogen-bond acceptors (Lipinski definition) is 7. The fraction of sp³-hybridized carbons (Fsp3) is 0.833. The Kier molecular flexibility index (Phi) is 5.71. The van der Waals surface area contributed by atoms with E-state index in [-0.39, 0.29) is 6.29 Å². The Hall–Kier alpha value is -0.570. The molecule has 0 aromatic carbocycles. The van der Waals surface area contributed by atoms with Crippen LogP contribution in [0.4, 0.5) is 0 Å². The molecule has 0 unspecified atom stereocenters. The first-order valence-electron chi connectivity index (χ1n) is 3.53. The van der Waals surface area contributed by atoms with E-state index in [0.29, 0.717) is 0 Å². The Morgan fingerprint density at radius 3 is 2.15 bits per heavy atom. The van der Waals surface area contributed by atoms with Crippen LogP contribution in [0.5, 0.6) is 0 Å². The Labute approximate surface area is 74.3 Å². The first-order valence-corrected chi connectivity index (χ1v) is 3.53. The van der Waals surface area contributed by atoms with E-state index in [4.69, 9.17) is 20.4 Å². The van der Waals surface area contributed by atoms with E-state index in [1.165, 1.54) is 0 Å². The number of nitrogens with two attached hydrogens (primary N) is 1. The van der Waals surface area contributed by atoms with Crippen LogP contribution in [0.15, 0.2) is 0 Å². The van der Waals surface area contributed by atoms with E-state index in [1.54, 1.807) is 0 Å². The van der Waals surface area contributed by atoms with Crippen LogP contribution in [0.25, 0.3) is 0 Å². The van der Waals surface area contributed by atoms with Gasteiger partial charge in [0.15, 0.2) is 6.29 Å². The molecule has 4 atom stereocenters. The molecule has 0 aliphatic heterocycles. The molecule has 0 aliphatic carbocycles. The second-order valence-electron chi connectivity index (χ2n) is 2.51. The van der Waals surface area contributed by atoms with Crippen molar-refractivity contribution in [3.63, 3.8) is 0 Å². The van der Waals surface area contributed by atoms with Crippen molar-refractivity contribution in [2.45, 2.75) is 24.4 Å². The van der Waals surface area contributed by atoms with Crippen LogP contribution < -0.4 is 5.90 Å². The monoisotopic (exact) mass is 195 g/mol. The lowest BCUT2D eigenvalue weighted by atomic mass is 10.0. The van der Waals surface area contributed by atoms with Crippen molar-refractivity contribution in [1.29, 1.82) is 0 Å². The van der Waals surface area contributed by atoms with Crippen molar-refractivity contribution in [1.82, 2.24) is 0 Å². The van der Waals surface area contributed by atoms with Crippen molar-refractivity contribution < 1.29 is 30.1 Å². The fourth-order valence-corrected chi connectivity index (χ4v) is 0.707. The highest BCUT2D eigenvalue weighted by Gasteiger charge is 2.29. The Morgan fingerprint density at radius 2 is 1.77 bits per heavy atom. The summed E-state index contributed by atoms with van der Waals surface area (Å²) in [6, 6.07) is 0. The lowest BCUT2D eigenvalue weighted by molar-refractivity contribution is -0.138. The van der Waals surface area contributed by atoms with Gasteiger partial charge in [0.05, 0.1) is 6.61 Å². The summed E-state index contributed by atoms with van der Waals surface area (Å²) < 4.78 is 0. The molecule has 78 valence electrons. The zero-order chi connectivity index (χ0) is 10.4. The summed E-state index contributed by atoms with van der Waals surface area (Å²) >= 11 is 0. The highest BCUT2D eigenvalue weighted by molar-refractivity contribution is 5.56. The van der Waals surface area contributed by atoms with E-state index in [2.05, 4.69) is 10.7 Å². The predicted molar refractivity (Wildman–Crippen MR) is 40.2 cm³/mol. The SMILES string of the molecule is NOC[C@@H](O)[C@@H](O)[C@H](O)[C@@H](O)C=O. The molecule has 0 heterocycles. The van der Waals surface area contributed by atoms with E-state index in [0.717, 1.165) is 0 Å². The first-order chi connectivity index (χ1) is 6.04. The second-order valence-corrected chi connectivity index (χ2v) is 2.51. The molecule has 7 heteroatoms. The third-order valence-electron chi connectivity index (χ3n) is 1.50. The number of aliphatic hydroxyl groups excluding tert-OH is 4. The van der Waals surface area contributed by atoms with Crippen LogP contribution in [-0.2, 0) is 9.63 Å². The van der Waals surface area contributed by atoms with Gasteiger partial charge in [0.2, 0.25) is 0 Å². The number of rotatable bonds is 6. The highest BCUT2D eigenvalue weighted by atomic mass is 16.6. The Morgan fingerprint density at radius 1 is 1.23 bits per heavy atom. The van der Waals surface area contributed by atoms with Gasteiger partial charge in [0.25, 0.3) is 0 Å². The normalized spacial score (nSPS) is 20.4. The van der Waals surface area contributed by atoms with Gasteiger partial charge in [-0.25, -0.2) is 5.90 Å². The van der Waals surface area contributed by atoms with E-state index >= 15 is 0 Å². The molecule has 0 fully saturated rings. The molecule has 7 nitrogen and oxygen atoms in total. The van der Waals surface area contributed by atoms with Crippen LogP contribution in [-0.4, -0.2) is 57.7 Å². The lowest BCUT2D eigenvalue weighted by Gasteiger charge is -2.23. The molecule has 6 N–H and O–H groups in total. The van der Waals surface area contributed by atoms with Gasteiger partial charge >= 0.3 is 0 Å². The zero-order valence-electron chi connectivity index (χ0n) is 6.78. The van der Waals surface area contributed by atoms with Gasteiger partial charge in [-0.1, -0.05) is 0 Å². The third kappa shape index (κ3) is 3.77. The summed E-state index contributed by atoms with van der Waals surface area (Å²) in [4.78, 5) is 14.0. The molecule has 0 aliphatic rings. The molecule has 0 rings (SSSR count). The van der Waals surface area contributed by atoms with Crippen LogP contribution in [0.3, 0.4) is 0 Å². The molecule has 0 radical (unpaired) electrons. The minimum absolute atomic E-state index is 0.0455. The fourth-order valence-electron chi connectivity index (χ4n) is 0.707. The maximum absolute atomic E-state index is 9.97. The third-order valence-corrected chi connectivity index (χ3v) is 1.50. The predicted octanol–water partition coefficient (Wildman–Crippen LogP) is -3.48. The van der Waals surface area contributed by atoms with Gasteiger partial charge in [-0.15, -0.1) is 0 Å². The molecule has 0 spiro atoms. The molecule has 0 bridgehead atoms. The molecule has 0 aromatic heterocycles. The molecule has 0 saturated carbocycles. The largest absolute Gasteiger partial charge is 0.388 e. The van der Waals surface area contributed by atoms with E-state index in [1.807, 2.05) is 0 Å². The number of carbonyl (C=O) groups is 1. The van der Waals surface area contributed by atoms with Gasteiger partial charge in [0.1, 0.15) is 24.4 Å². The Bertz CT molecular complexity index is 154. The maximum Gasteiger partial charge on any atom is 0.151 e. The smallest absolute Gasteiger partial charge is 0.151 e. The second kappa shape index (κ2) is 5.97. The molecule has 0 amide bonds. The summed E-state index contributed by atoms with van der Waals surface area (Å²) in [7, 11) is 0. The minimum Gasteiger partial charge on any atom is -0.388 e. The van der Waals surface area contributed by atoms with Crippen molar-refractivity contribution in [3.8, 4) is 0 Å². The Balaban J connectivity index is 4.06. The summed E-state index contributed by atoms with van der Waals surface area (Å²) in [5.41, 5.74) is 0. The lowest BCUT2D eigenvalue weighted by Crippen LogP contribution is -2.46. The van der Waals surface area contributed by atoms with Crippen molar-refractivity contribution in [2.75, 3.05) is 6.61 Å². The van der Waals surface area contributed by atoms with Crippen LogP contribution in [0.1, 0.15) is 0 Å². The van der Waals surface area contributed by atoms with Crippen molar-refractivity contribution >= 4 is 6.29 Å². The van der Waals surface area contributed by atoms with Crippen molar-refractivity contribution in [2.24, 2.45) is 5.90 Å². The van der Waals surface area contributed by atoms with Crippen LogP contribution in [0, 0.1) is 0 Å². The maximum atomic E-state index is 9.97. The van der Waals surface area contributed by atoms with Crippen LogP contribution in [0.2, 0.25) is 0 Å². The summed E-state index contributed by atoms with van der Waals surface area (Å²) in [5.74, 6) is 4.59. The topological polar surface area (TPSA) is 133 Å². The molecule has 13 heavy (non-hydrogen) atoms. The number of hydrogen-bond donors (Lipinski definition) is 5.